The summed E-state index contributed by atoms with van der Waals surface area (Å²) in [6.45, 7) is 0. The second kappa shape index (κ2) is 7.11. The fourth-order valence-electron chi connectivity index (χ4n) is 2.34. The molecule has 0 saturated heterocycles. The Labute approximate surface area is 139 Å². The molecule has 1 amide bonds. The van der Waals surface area contributed by atoms with Crippen molar-refractivity contribution in [2.75, 3.05) is 6.26 Å². The molecule has 3 nitrogen and oxygen atoms in total. The van der Waals surface area contributed by atoms with Crippen molar-refractivity contribution >= 4 is 34.7 Å². The Balaban J connectivity index is 1.74. The monoisotopic (exact) mass is 320 g/mol. The fraction of sp³-hybridized carbons (Fsp3) is 0.0526. The molecule has 1 N–H and O–H groups in total. The molecule has 0 saturated carbocycles. The largest absolute Gasteiger partial charge is 0.271 e. The number of thioether (sulfide) groups is 1. The fourth-order valence-corrected chi connectivity index (χ4v) is 2.75. The zero-order valence-electron chi connectivity index (χ0n) is 12.7. The van der Waals surface area contributed by atoms with Gasteiger partial charge in [0.25, 0.3) is 5.91 Å². The van der Waals surface area contributed by atoms with Crippen LogP contribution in [0, 0.1) is 0 Å². The van der Waals surface area contributed by atoms with Crippen LogP contribution in [0.3, 0.4) is 0 Å². The van der Waals surface area contributed by atoms with Gasteiger partial charge in [0.1, 0.15) is 0 Å². The predicted molar refractivity (Wildman–Crippen MR) is 97.2 cm³/mol. The van der Waals surface area contributed by atoms with Crippen LogP contribution in [0.4, 0.5) is 0 Å². The lowest BCUT2D eigenvalue weighted by Gasteiger charge is -2.04. The van der Waals surface area contributed by atoms with Crippen molar-refractivity contribution < 1.29 is 4.79 Å². The first-order valence-electron chi connectivity index (χ1n) is 7.23. The van der Waals surface area contributed by atoms with Gasteiger partial charge < -0.3 is 0 Å². The summed E-state index contributed by atoms with van der Waals surface area (Å²) in [4.78, 5) is 13.5. The Morgan fingerprint density at radius 3 is 2.52 bits per heavy atom. The van der Waals surface area contributed by atoms with E-state index in [0.717, 1.165) is 16.3 Å². The second-order valence-corrected chi connectivity index (χ2v) is 5.88. The zero-order valence-corrected chi connectivity index (χ0v) is 13.5. The molecule has 0 bridgehead atoms. The first kappa shape index (κ1) is 15.3. The first-order chi connectivity index (χ1) is 11.3. The molecule has 114 valence electrons. The van der Waals surface area contributed by atoms with Gasteiger partial charge in [-0.3, -0.25) is 4.79 Å². The van der Waals surface area contributed by atoms with Gasteiger partial charge in [-0.25, -0.2) is 5.43 Å². The van der Waals surface area contributed by atoms with Crippen LogP contribution in [0.25, 0.3) is 10.8 Å². The van der Waals surface area contributed by atoms with E-state index in [-0.39, 0.29) is 5.91 Å². The molecule has 3 rings (SSSR count). The standard InChI is InChI=1S/C19H16N2OS/c1-23-16-11-9-14(10-12-16)13-20-21-19(22)18-8-4-6-15-5-2-3-7-17(15)18/h2-13H,1H3,(H,21,22). The smallest absolute Gasteiger partial charge is 0.267 e. The number of benzene rings is 3. The normalized spacial score (nSPS) is 11.0. The summed E-state index contributed by atoms with van der Waals surface area (Å²) >= 11 is 1.69. The Hall–Kier alpha value is -2.59. The second-order valence-electron chi connectivity index (χ2n) is 5.00. The molecule has 0 heterocycles. The van der Waals surface area contributed by atoms with Crippen molar-refractivity contribution in [3.63, 3.8) is 0 Å². The highest BCUT2D eigenvalue weighted by atomic mass is 32.2. The molecular weight excluding hydrogens is 304 g/mol. The van der Waals surface area contributed by atoms with Crippen molar-refractivity contribution in [3.05, 3.63) is 77.9 Å². The van der Waals surface area contributed by atoms with Crippen LogP contribution in [0.1, 0.15) is 15.9 Å². The van der Waals surface area contributed by atoms with Gasteiger partial charge in [0.05, 0.1) is 6.21 Å². The van der Waals surface area contributed by atoms with E-state index in [2.05, 4.69) is 10.5 Å². The number of hydrazone groups is 1. The third-order valence-corrected chi connectivity index (χ3v) is 4.27. The molecule has 4 heteroatoms. The average Bonchev–Trinajstić information content (AvgIpc) is 2.61. The van der Waals surface area contributed by atoms with Crippen molar-refractivity contribution in [3.8, 4) is 0 Å². The number of carbonyl (C=O) groups is 1. The average molecular weight is 320 g/mol. The number of rotatable bonds is 4. The van der Waals surface area contributed by atoms with Gasteiger partial charge in [-0.15, -0.1) is 11.8 Å². The first-order valence-corrected chi connectivity index (χ1v) is 8.45. The van der Waals surface area contributed by atoms with E-state index in [1.54, 1.807) is 24.0 Å². The summed E-state index contributed by atoms with van der Waals surface area (Å²) in [5, 5.41) is 6.01. The lowest BCUT2D eigenvalue weighted by Crippen LogP contribution is -2.17. The van der Waals surface area contributed by atoms with Gasteiger partial charge in [-0.1, -0.05) is 48.5 Å². The minimum absolute atomic E-state index is 0.209. The quantitative estimate of drug-likeness (QED) is 0.442. The number of fused-ring (bicyclic) bond motifs is 1. The van der Waals surface area contributed by atoms with Crippen LogP contribution in [-0.2, 0) is 0 Å². The predicted octanol–water partition coefficient (Wildman–Crippen LogP) is 4.33. The van der Waals surface area contributed by atoms with Crippen LogP contribution >= 0.6 is 11.8 Å². The topological polar surface area (TPSA) is 41.5 Å². The van der Waals surface area contributed by atoms with E-state index in [1.807, 2.05) is 66.9 Å². The highest BCUT2D eigenvalue weighted by Gasteiger charge is 2.08. The molecule has 0 aliphatic carbocycles. The highest BCUT2D eigenvalue weighted by molar-refractivity contribution is 7.98. The molecule has 3 aromatic rings. The molecule has 0 atom stereocenters. The van der Waals surface area contributed by atoms with Crippen LogP contribution < -0.4 is 5.43 Å². The molecule has 0 fully saturated rings. The third kappa shape index (κ3) is 3.60. The lowest BCUT2D eigenvalue weighted by atomic mass is 10.0. The molecule has 0 spiro atoms. The Bertz CT molecular complexity index is 851. The molecule has 0 radical (unpaired) electrons. The number of amides is 1. The van der Waals surface area contributed by atoms with Gasteiger partial charge in [0.2, 0.25) is 0 Å². The SMILES string of the molecule is CSc1ccc(C=NNC(=O)c2cccc3ccccc23)cc1. The van der Waals surface area contributed by atoms with E-state index < -0.39 is 0 Å². The highest BCUT2D eigenvalue weighted by Crippen LogP contribution is 2.18. The van der Waals surface area contributed by atoms with E-state index >= 15 is 0 Å². The van der Waals surface area contributed by atoms with Gasteiger partial charge in [0.15, 0.2) is 0 Å². The van der Waals surface area contributed by atoms with Crippen molar-refractivity contribution in [1.29, 1.82) is 0 Å². The van der Waals surface area contributed by atoms with Crippen molar-refractivity contribution in [2.45, 2.75) is 4.90 Å². The minimum Gasteiger partial charge on any atom is -0.267 e. The molecule has 0 aliphatic heterocycles. The van der Waals surface area contributed by atoms with Crippen LogP contribution in [-0.4, -0.2) is 18.4 Å². The van der Waals surface area contributed by atoms with Crippen LogP contribution in [0.15, 0.2) is 76.7 Å². The maximum Gasteiger partial charge on any atom is 0.271 e. The van der Waals surface area contributed by atoms with Gasteiger partial charge in [-0.05, 0) is 40.8 Å². The van der Waals surface area contributed by atoms with Crippen molar-refractivity contribution in [2.24, 2.45) is 5.10 Å². The number of nitrogens with zero attached hydrogens (tertiary/aromatic N) is 1. The number of hydrogen-bond acceptors (Lipinski definition) is 3. The number of hydrogen-bond donors (Lipinski definition) is 1. The zero-order chi connectivity index (χ0) is 16.1. The molecule has 0 aromatic heterocycles. The van der Waals surface area contributed by atoms with E-state index in [9.17, 15) is 4.79 Å². The number of carbonyl (C=O) groups excluding carboxylic acids is 1. The van der Waals surface area contributed by atoms with Crippen LogP contribution in [0.2, 0.25) is 0 Å². The van der Waals surface area contributed by atoms with Crippen LogP contribution in [0.5, 0.6) is 0 Å². The molecule has 0 aliphatic rings. The molecular formula is C19H16N2OS. The summed E-state index contributed by atoms with van der Waals surface area (Å²) in [6.07, 6.45) is 3.68. The maximum absolute atomic E-state index is 12.3. The summed E-state index contributed by atoms with van der Waals surface area (Å²) in [5.41, 5.74) is 4.16. The lowest BCUT2D eigenvalue weighted by molar-refractivity contribution is 0.0957. The molecule has 23 heavy (non-hydrogen) atoms. The van der Waals surface area contributed by atoms with Gasteiger partial charge in [0, 0.05) is 10.5 Å². The summed E-state index contributed by atoms with van der Waals surface area (Å²) in [5.74, 6) is -0.209. The maximum atomic E-state index is 12.3. The summed E-state index contributed by atoms with van der Waals surface area (Å²) < 4.78 is 0. The Morgan fingerprint density at radius 1 is 1.00 bits per heavy atom. The summed E-state index contributed by atoms with van der Waals surface area (Å²) in [6, 6.07) is 21.5. The van der Waals surface area contributed by atoms with Crippen molar-refractivity contribution in [1.82, 2.24) is 5.43 Å². The van der Waals surface area contributed by atoms with Gasteiger partial charge in [-0.2, -0.15) is 5.10 Å². The minimum atomic E-state index is -0.209. The molecule has 0 unspecified atom stereocenters. The van der Waals surface area contributed by atoms with E-state index in [1.165, 1.54) is 4.90 Å². The van der Waals surface area contributed by atoms with E-state index in [0.29, 0.717) is 5.56 Å². The molecule has 3 aromatic carbocycles. The number of nitrogens with one attached hydrogen (secondary N) is 1. The Kier molecular flexibility index (Phi) is 4.74. The Morgan fingerprint density at radius 2 is 1.74 bits per heavy atom. The van der Waals surface area contributed by atoms with E-state index in [4.69, 9.17) is 0 Å². The summed E-state index contributed by atoms with van der Waals surface area (Å²) in [7, 11) is 0. The third-order valence-electron chi connectivity index (χ3n) is 3.53. The van der Waals surface area contributed by atoms with Gasteiger partial charge >= 0.3 is 0 Å².